The Morgan fingerprint density at radius 3 is 2.88 bits per heavy atom. The molecule has 1 aromatic heterocycles. The van der Waals surface area contributed by atoms with Gasteiger partial charge >= 0.3 is 0 Å². The van der Waals surface area contributed by atoms with Gasteiger partial charge in [-0.1, -0.05) is 0 Å². The maximum Gasteiger partial charge on any atom is 0.165 e. The first-order chi connectivity index (χ1) is 7.83. The van der Waals surface area contributed by atoms with Gasteiger partial charge in [0.05, 0.1) is 0 Å². The number of hydrogen-bond acceptors (Lipinski definition) is 2. The minimum absolute atomic E-state index is 0.232. The number of rotatable bonds is 5. The number of nitrogens with zero attached hydrogens (tertiary/aromatic N) is 2. The van der Waals surface area contributed by atoms with Gasteiger partial charge in [0.2, 0.25) is 0 Å². The van der Waals surface area contributed by atoms with Crippen LogP contribution in [0.5, 0.6) is 0 Å². The van der Waals surface area contributed by atoms with E-state index in [0.717, 1.165) is 25.8 Å². The van der Waals surface area contributed by atoms with Crippen molar-refractivity contribution in [3.05, 3.63) is 24.1 Å². The van der Waals surface area contributed by atoms with Gasteiger partial charge in [0, 0.05) is 24.7 Å². The Balaban J connectivity index is 2.13. The summed E-state index contributed by atoms with van der Waals surface area (Å²) < 4.78 is 13.7. The molecule has 0 aliphatic heterocycles. The molecule has 0 aromatic carbocycles. The van der Waals surface area contributed by atoms with Crippen molar-refractivity contribution in [2.75, 3.05) is 17.3 Å². The highest BCUT2D eigenvalue weighted by molar-refractivity contribution is 6.17. The third kappa shape index (κ3) is 2.46. The molecule has 2 rings (SSSR count). The van der Waals surface area contributed by atoms with E-state index in [2.05, 4.69) is 9.88 Å². The summed E-state index contributed by atoms with van der Waals surface area (Å²) in [6.07, 6.45) is 6.02. The minimum atomic E-state index is -0.232. The molecule has 0 spiro atoms. The van der Waals surface area contributed by atoms with Gasteiger partial charge in [-0.05, 0) is 37.8 Å². The van der Waals surface area contributed by atoms with Crippen LogP contribution in [0.15, 0.2) is 18.3 Å². The fourth-order valence-corrected chi connectivity index (χ4v) is 2.10. The van der Waals surface area contributed by atoms with Crippen molar-refractivity contribution in [2.24, 2.45) is 0 Å². The Kier molecular flexibility index (Phi) is 3.99. The molecule has 0 bridgehead atoms. The molecule has 1 aliphatic rings. The Bertz CT molecular complexity index is 342. The van der Waals surface area contributed by atoms with E-state index in [1.807, 2.05) is 0 Å². The van der Waals surface area contributed by atoms with Crippen molar-refractivity contribution < 1.29 is 4.39 Å². The van der Waals surface area contributed by atoms with E-state index in [1.54, 1.807) is 12.3 Å². The van der Waals surface area contributed by atoms with Gasteiger partial charge < -0.3 is 4.90 Å². The minimum Gasteiger partial charge on any atom is -0.351 e. The first kappa shape index (κ1) is 11.6. The molecule has 0 amide bonds. The van der Waals surface area contributed by atoms with E-state index in [1.165, 1.54) is 12.5 Å². The van der Waals surface area contributed by atoms with Gasteiger partial charge in [-0.3, -0.25) is 0 Å². The van der Waals surface area contributed by atoms with Gasteiger partial charge in [0.1, 0.15) is 0 Å². The summed E-state index contributed by atoms with van der Waals surface area (Å²) in [5.74, 6) is 0.860. The van der Waals surface area contributed by atoms with Gasteiger partial charge in [0.25, 0.3) is 0 Å². The number of anilines is 1. The number of hydrogen-bond donors (Lipinski definition) is 0. The van der Waals surface area contributed by atoms with Crippen LogP contribution >= 0.6 is 11.6 Å². The van der Waals surface area contributed by atoms with Crippen molar-refractivity contribution in [1.29, 1.82) is 0 Å². The predicted octanol–water partition coefficient (Wildman–Crippen LogP) is 3.21. The quantitative estimate of drug-likeness (QED) is 0.737. The molecule has 0 saturated heterocycles. The van der Waals surface area contributed by atoms with Crippen LogP contribution in [0, 0.1) is 5.82 Å². The topological polar surface area (TPSA) is 16.1 Å². The second kappa shape index (κ2) is 5.48. The zero-order chi connectivity index (χ0) is 11.4. The van der Waals surface area contributed by atoms with E-state index in [0.29, 0.717) is 17.7 Å². The average Bonchev–Trinajstić information content (AvgIpc) is 2.22. The van der Waals surface area contributed by atoms with Crippen molar-refractivity contribution in [3.8, 4) is 0 Å². The third-order valence-electron chi connectivity index (χ3n) is 3.06. The fourth-order valence-electron chi connectivity index (χ4n) is 1.98. The molecule has 88 valence electrons. The molecule has 16 heavy (non-hydrogen) atoms. The molecular formula is C12H16ClFN2. The highest BCUT2D eigenvalue weighted by Crippen LogP contribution is 2.29. The molecule has 0 N–H and O–H groups in total. The molecule has 1 aliphatic carbocycles. The SMILES string of the molecule is Fc1cccnc1N(CCCCl)C1CCC1. The summed E-state index contributed by atoms with van der Waals surface area (Å²) in [6, 6.07) is 3.54. The summed E-state index contributed by atoms with van der Waals surface area (Å²) in [4.78, 5) is 6.21. The lowest BCUT2D eigenvalue weighted by Gasteiger charge is -2.38. The predicted molar refractivity (Wildman–Crippen MR) is 64.5 cm³/mol. The summed E-state index contributed by atoms with van der Waals surface area (Å²) >= 11 is 5.70. The van der Waals surface area contributed by atoms with E-state index < -0.39 is 0 Å². The summed E-state index contributed by atoms with van der Waals surface area (Å²) in [7, 11) is 0. The lowest BCUT2D eigenvalue weighted by atomic mass is 9.91. The molecule has 0 unspecified atom stereocenters. The number of alkyl halides is 1. The smallest absolute Gasteiger partial charge is 0.165 e. The largest absolute Gasteiger partial charge is 0.351 e. The van der Waals surface area contributed by atoms with Crippen molar-refractivity contribution in [1.82, 2.24) is 4.98 Å². The van der Waals surface area contributed by atoms with E-state index in [9.17, 15) is 4.39 Å². The Labute approximate surface area is 100 Å². The molecule has 1 aromatic rings. The van der Waals surface area contributed by atoms with Crippen LogP contribution in [-0.2, 0) is 0 Å². The van der Waals surface area contributed by atoms with Crippen molar-refractivity contribution in [3.63, 3.8) is 0 Å². The van der Waals surface area contributed by atoms with E-state index in [4.69, 9.17) is 11.6 Å². The second-order valence-electron chi connectivity index (χ2n) is 4.13. The van der Waals surface area contributed by atoms with E-state index in [-0.39, 0.29) is 5.82 Å². The number of aromatic nitrogens is 1. The standard InChI is InChI=1S/C12H16ClFN2/c13-7-3-9-16(10-4-1-5-10)12-11(14)6-2-8-15-12/h2,6,8,10H,1,3-5,7,9H2. The van der Waals surface area contributed by atoms with Gasteiger partial charge in [0.15, 0.2) is 11.6 Å². The first-order valence-corrected chi connectivity index (χ1v) is 6.29. The molecular weight excluding hydrogens is 227 g/mol. The average molecular weight is 243 g/mol. The van der Waals surface area contributed by atoms with Crippen LogP contribution in [0.25, 0.3) is 0 Å². The Morgan fingerprint density at radius 2 is 2.31 bits per heavy atom. The zero-order valence-corrected chi connectivity index (χ0v) is 9.96. The van der Waals surface area contributed by atoms with Gasteiger partial charge in [-0.15, -0.1) is 11.6 Å². The van der Waals surface area contributed by atoms with Crippen molar-refractivity contribution >= 4 is 17.4 Å². The molecule has 1 heterocycles. The number of pyridine rings is 1. The zero-order valence-electron chi connectivity index (χ0n) is 9.20. The third-order valence-corrected chi connectivity index (χ3v) is 3.33. The first-order valence-electron chi connectivity index (χ1n) is 5.76. The highest BCUT2D eigenvalue weighted by Gasteiger charge is 2.27. The maximum absolute atomic E-state index is 13.7. The monoisotopic (exact) mass is 242 g/mol. The highest BCUT2D eigenvalue weighted by atomic mass is 35.5. The van der Waals surface area contributed by atoms with Crippen molar-refractivity contribution in [2.45, 2.75) is 31.7 Å². The molecule has 1 fully saturated rings. The molecule has 0 atom stereocenters. The van der Waals surface area contributed by atoms with Crippen LogP contribution in [0.3, 0.4) is 0 Å². The lowest BCUT2D eigenvalue weighted by molar-refractivity contribution is 0.380. The van der Waals surface area contributed by atoms with Crippen LogP contribution < -0.4 is 4.90 Å². The van der Waals surface area contributed by atoms with E-state index >= 15 is 0 Å². The second-order valence-corrected chi connectivity index (χ2v) is 4.51. The van der Waals surface area contributed by atoms with Gasteiger partial charge in [-0.25, -0.2) is 9.37 Å². The molecule has 4 heteroatoms. The number of halogens is 2. The summed E-state index contributed by atoms with van der Waals surface area (Å²) in [6.45, 7) is 0.794. The van der Waals surface area contributed by atoms with Gasteiger partial charge in [-0.2, -0.15) is 0 Å². The van der Waals surface area contributed by atoms with Crippen LogP contribution in [-0.4, -0.2) is 23.5 Å². The Hall–Kier alpha value is -0.830. The molecule has 0 radical (unpaired) electrons. The summed E-state index contributed by atoms with van der Waals surface area (Å²) in [5, 5.41) is 0. The molecule has 1 saturated carbocycles. The lowest BCUT2D eigenvalue weighted by Crippen LogP contribution is -2.42. The van der Waals surface area contributed by atoms with Crippen LogP contribution in [0.4, 0.5) is 10.2 Å². The fraction of sp³-hybridized carbons (Fsp3) is 0.583. The van der Waals surface area contributed by atoms with Crippen LogP contribution in [0.1, 0.15) is 25.7 Å². The Morgan fingerprint density at radius 1 is 1.50 bits per heavy atom. The summed E-state index contributed by atoms with van der Waals surface area (Å²) in [5.41, 5.74) is 0. The molecule has 2 nitrogen and oxygen atoms in total. The normalized spacial score (nSPS) is 15.9. The van der Waals surface area contributed by atoms with Crippen LogP contribution in [0.2, 0.25) is 0 Å². The maximum atomic E-state index is 13.7.